The van der Waals surface area contributed by atoms with Crippen LogP contribution in [0.25, 0.3) is 5.65 Å². The van der Waals surface area contributed by atoms with E-state index in [2.05, 4.69) is 22.3 Å². The fourth-order valence-corrected chi connectivity index (χ4v) is 2.94. The normalized spacial score (nSPS) is 22.9. The van der Waals surface area contributed by atoms with Crippen LogP contribution in [0.3, 0.4) is 0 Å². The molecule has 6 nitrogen and oxygen atoms in total. The van der Waals surface area contributed by atoms with Gasteiger partial charge in [-0.05, 0) is 18.8 Å². The second-order valence-corrected chi connectivity index (χ2v) is 5.55. The molecule has 2 atom stereocenters. The van der Waals surface area contributed by atoms with Crippen LogP contribution in [-0.4, -0.2) is 26.5 Å². The van der Waals surface area contributed by atoms with E-state index < -0.39 is 0 Å². The topological polar surface area (TPSA) is 92.1 Å². The van der Waals surface area contributed by atoms with Gasteiger partial charge in [-0.1, -0.05) is 19.8 Å². The molecule has 0 aliphatic heterocycles. The maximum absolute atomic E-state index is 7.73. The maximum atomic E-state index is 7.73. The molecular weight excluding hydrogens is 252 g/mol. The fourth-order valence-electron chi connectivity index (χ4n) is 2.94. The van der Waals surface area contributed by atoms with Crippen molar-refractivity contribution in [2.45, 2.75) is 38.6 Å². The largest absolute Gasteiger partial charge is 0.384 e. The zero-order valence-corrected chi connectivity index (χ0v) is 11.6. The molecule has 1 aliphatic rings. The second kappa shape index (κ2) is 5.11. The number of amidine groups is 1. The summed E-state index contributed by atoms with van der Waals surface area (Å²) in [6, 6.07) is 0.407. The highest BCUT2D eigenvalue weighted by Crippen LogP contribution is 2.29. The minimum Gasteiger partial charge on any atom is -0.384 e. The molecule has 0 radical (unpaired) electrons. The Labute approximate surface area is 117 Å². The Morgan fingerprint density at radius 3 is 3.00 bits per heavy atom. The van der Waals surface area contributed by atoms with Crippen LogP contribution in [-0.2, 0) is 0 Å². The summed E-state index contributed by atoms with van der Waals surface area (Å²) in [4.78, 5) is 4.34. The van der Waals surface area contributed by atoms with E-state index in [0.29, 0.717) is 17.5 Å². The first-order chi connectivity index (χ1) is 9.66. The van der Waals surface area contributed by atoms with Crippen LogP contribution in [0.2, 0.25) is 0 Å². The van der Waals surface area contributed by atoms with Crippen LogP contribution in [0, 0.1) is 11.3 Å². The SMILES string of the molecule is CC1CCCCC1Nc1c(C(=N)N)cnn2ccnc12. The molecule has 0 spiro atoms. The average molecular weight is 272 g/mol. The van der Waals surface area contributed by atoms with Crippen LogP contribution in [0.4, 0.5) is 5.69 Å². The summed E-state index contributed by atoms with van der Waals surface area (Å²) in [7, 11) is 0. The van der Waals surface area contributed by atoms with E-state index in [9.17, 15) is 0 Å². The Morgan fingerprint density at radius 2 is 2.25 bits per heavy atom. The van der Waals surface area contributed by atoms with E-state index >= 15 is 0 Å². The molecule has 0 amide bonds. The van der Waals surface area contributed by atoms with Gasteiger partial charge in [0.25, 0.3) is 0 Å². The quantitative estimate of drug-likeness (QED) is 0.588. The Kier molecular flexibility index (Phi) is 3.30. The Hall–Kier alpha value is -2.11. The summed E-state index contributed by atoms with van der Waals surface area (Å²) in [5.74, 6) is 0.640. The summed E-state index contributed by atoms with van der Waals surface area (Å²) in [5.41, 5.74) is 7.87. The second-order valence-electron chi connectivity index (χ2n) is 5.55. The standard InChI is InChI=1S/C14H20N6/c1-9-4-2-3-5-11(9)19-12-10(13(15)16)8-18-20-7-6-17-14(12)20/h6-9,11,19H,2-5H2,1H3,(H3,15,16). The summed E-state index contributed by atoms with van der Waals surface area (Å²) in [5, 5.41) is 15.5. The maximum Gasteiger partial charge on any atom is 0.177 e. The van der Waals surface area contributed by atoms with E-state index in [1.54, 1.807) is 23.1 Å². The van der Waals surface area contributed by atoms with Crippen molar-refractivity contribution in [1.82, 2.24) is 14.6 Å². The number of aromatic nitrogens is 3. The number of nitrogen functional groups attached to an aromatic ring is 1. The number of nitrogens with one attached hydrogen (secondary N) is 2. The van der Waals surface area contributed by atoms with Crippen molar-refractivity contribution in [1.29, 1.82) is 5.41 Å². The van der Waals surface area contributed by atoms with E-state index in [0.717, 1.165) is 17.8 Å². The predicted octanol–water partition coefficient (Wildman–Crippen LogP) is 2.00. The summed E-state index contributed by atoms with van der Waals surface area (Å²) in [6.45, 7) is 2.27. The smallest absolute Gasteiger partial charge is 0.177 e. The molecule has 0 saturated heterocycles. The lowest BCUT2D eigenvalue weighted by atomic mass is 9.86. The first-order valence-corrected chi connectivity index (χ1v) is 7.10. The van der Waals surface area contributed by atoms with Gasteiger partial charge in [-0.15, -0.1) is 0 Å². The van der Waals surface area contributed by atoms with Gasteiger partial charge < -0.3 is 11.1 Å². The van der Waals surface area contributed by atoms with E-state index in [1.807, 2.05) is 0 Å². The fraction of sp³-hybridized carbons (Fsp3) is 0.500. The third-order valence-corrected chi connectivity index (χ3v) is 4.16. The lowest BCUT2D eigenvalue weighted by molar-refractivity contribution is 0.349. The molecule has 106 valence electrons. The zero-order chi connectivity index (χ0) is 14.1. The van der Waals surface area contributed by atoms with Crippen molar-refractivity contribution in [2.24, 2.45) is 11.7 Å². The molecule has 0 aromatic carbocycles. The van der Waals surface area contributed by atoms with Crippen LogP contribution in [0.15, 0.2) is 18.6 Å². The third-order valence-electron chi connectivity index (χ3n) is 4.16. The van der Waals surface area contributed by atoms with Crippen molar-refractivity contribution in [3.05, 3.63) is 24.2 Å². The van der Waals surface area contributed by atoms with Gasteiger partial charge in [0.2, 0.25) is 0 Å². The molecule has 3 rings (SSSR count). The number of hydrogen-bond donors (Lipinski definition) is 3. The molecule has 2 aromatic heterocycles. The molecule has 2 aromatic rings. The van der Waals surface area contributed by atoms with Crippen molar-refractivity contribution < 1.29 is 0 Å². The van der Waals surface area contributed by atoms with Gasteiger partial charge in [0.05, 0.1) is 17.4 Å². The van der Waals surface area contributed by atoms with Gasteiger partial charge in [0.15, 0.2) is 5.65 Å². The monoisotopic (exact) mass is 272 g/mol. The molecule has 1 aliphatic carbocycles. The summed E-state index contributed by atoms with van der Waals surface area (Å²) < 4.78 is 1.71. The number of nitrogens with two attached hydrogens (primary N) is 1. The van der Waals surface area contributed by atoms with E-state index in [1.165, 1.54) is 19.3 Å². The highest BCUT2D eigenvalue weighted by molar-refractivity contribution is 6.02. The summed E-state index contributed by atoms with van der Waals surface area (Å²) >= 11 is 0. The number of fused-ring (bicyclic) bond motifs is 1. The third kappa shape index (κ3) is 2.21. The molecule has 2 unspecified atom stereocenters. The van der Waals surface area contributed by atoms with Crippen molar-refractivity contribution >= 4 is 17.2 Å². The van der Waals surface area contributed by atoms with E-state index in [-0.39, 0.29) is 5.84 Å². The predicted molar refractivity (Wildman–Crippen MR) is 79.0 cm³/mol. The molecular formula is C14H20N6. The van der Waals surface area contributed by atoms with Crippen molar-refractivity contribution in [2.75, 3.05) is 5.32 Å². The molecule has 0 bridgehead atoms. The Balaban J connectivity index is 2.01. The number of nitrogens with zero attached hydrogens (tertiary/aromatic N) is 3. The van der Waals surface area contributed by atoms with E-state index in [4.69, 9.17) is 11.1 Å². The van der Waals surface area contributed by atoms with Crippen molar-refractivity contribution in [3.63, 3.8) is 0 Å². The lowest BCUT2D eigenvalue weighted by Crippen LogP contribution is -2.31. The Morgan fingerprint density at radius 1 is 1.45 bits per heavy atom. The molecule has 2 heterocycles. The highest BCUT2D eigenvalue weighted by atomic mass is 15.3. The molecule has 1 saturated carbocycles. The van der Waals surface area contributed by atoms with Gasteiger partial charge in [-0.3, -0.25) is 5.41 Å². The zero-order valence-electron chi connectivity index (χ0n) is 11.6. The highest BCUT2D eigenvalue weighted by Gasteiger charge is 2.23. The summed E-state index contributed by atoms with van der Waals surface area (Å²) in [6.07, 6.45) is 10.1. The number of anilines is 1. The molecule has 4 N–H and O–H groups in total. The molecule has 20 heavy (non-hydrogen) atoms. The average Bonchev–Trinajstić information content (AvgIpc) is 2.90. The van der Waals surface area contributed by atoms with Gasteiger partial charge in [-0.2, -0.15) is 5.10 Å². The molecule has 6 heteroatoms. The van der Waals surface area contributed by atoms with Crippen LogP contribution in [0.5, 0.6) is 0 Å². The van der Waals surface area contributed by atoms with Gasteiger partial charge in [-0.25, -0.2) is 9.50 Å². The van der Waals surface area contributed by atoms with Crippen molar-refractivity contribution in [3.8, 4) is 0 Å². The minimum atomic E-state index is 0.0222. The van der Waals surface area contributed by atoms with Gasteiger partial charge in [0, 0.05) is 18.4 Å². The Bertz CT molecular complexity index is 632. The van der Waals surface area contributed by atoms with Crippen LogP contribution < -0.4 is 11.1 Å². The number of hydrogen-bond acceptors (Lipinski definition) is 4. The first kappa shape index (κ1) is 12.9. The van der Waals surface area contributed by atoms with Gasteiger partial charge >= 0.3 is 0 Å². The number of imidazole rings is 1. The lowest BCUT2D eigenvalue weighted by Gasteiger charge is -2.31. The molecule has 1 fully saturated rings. The van der Waals surface area contributed by atoms with Crippen LogP contribution >= 0.6 is 0 Å². The van der Waals surface area contributed by atoms with Crippen LogP contribution in [0.1, 0.15) is 38.2 Å². The van der Waals surface area contributed by atoms with Gasteiger partial charge in [0.1, 0.15) is 5.84 Å². The first-order valence-electron chi connectivity index (χ1n) is 7.10. The minimum absolute atomic E-state index is 0.0222. The number of rotatable bonds is 3.